The molecule has 0 saturated carbocycles. The van der Waals surface area contributed by atoms with E-state index in [2.05, 4.69) is 120 Å². The van der Waals surface area contributed by atoms with Gasteiger partial charge in [-0.2, -0.15) is 24.3 Å². The average Bonchev–Trinajstić information content (AvgIpc) is 3.82. The summed E-state index contributed by atoms with van der Waals surface area (Å²) in [4.78, 5) is 0. The Hall–Kier alpha value is 1.38. The standard InChI is InChI=1S/2C10H7BrCl.2C10H7Cl2.2C2H6Si.4ClH.2Zr/c2*1-6-2-7-4-8(12)5-10(11)9(7)3-6;2*1-6-2-7-4-8(11)5-10(12)9(7)3-6;2*1-3-2;;;;;;/h4*2-5H,1H3;2*1-2H3;4*1H;;/q4*-1;;;;;;;2*+2. The van der Waals surface area contributed by atoms with Gasteiger partial charge in [-0.3, -0.25) is 0 Å². The van der Waals surface area contributed by atoms with Crippen LogP contribution in [0, 0.1) is 27.7 Å². The van der Waals surface area contributed by atoms with Crippen LogP contribution in [-0.4, -0.2) is 10.9 Å². The molecule has 8 aromatic carbocycles. The molecule has 0 fully saturated rings. The molecule has 0 amide bonds. The molecule has 0 heterocycles. The first-order valence-electron chi connectivity index (χ1n) is 17.2. The van der Waals surface area contributed by atoms with Gasteiger partial charge >= 0.3 is 83.7 Å². The van der Waals surface area contributed by atoms with Crippen LogP contribution in [0.5, 0.6) is 0 Å². The first-order chi connectivity index (χ1) is 26.1. The maximum atomic E-state index is 5.99. The predicted molar refractivity (Wildman–Crippen MR) is 287 cm³/mol. The Labute approximate surface area is 457 Å². The Morgan fingerprint density at radius 2 is 0.583 bits per heavy atom. The van der Waals surface area contributed by atoms with Gasteiger partial charge < -0.3 is 0 Å². The summed E-state index contributed by atoms with van der Waals surface area (Å²) in [6.45, 7) is 17.5. The summed E-state index contributed by atoms with van der Waals surface area (Å²) in [6, 6.07) is 32.0. The van der Waals surface area contributed by atoms with E-state index in [4.69, 9.17) is 69.6 Å². The number of hydrogen-bond donors (Lipinski definition) is 0. The van der Waals surface area contributed by atoms with Crippen LogP contribution in [0.2, 0.25) is 56.3 Å². The van der Waals surface area contributed by atoms with Gasteiger partial charge in [0.1, 0.15) is 0 Å². The molecular weight excluding hydrogens is 1280 g/mol. The summed E-state index contributed by atoms with van der Waals surface area (Å²) in [5.41, 5.74) is 5.40. The molecule has 0 saturated heterocycles. The summed E-state index contributed by atoms with van der Waals surface area (Å²) < 4.78 is 2.14. The summed E-state index contributed by atoms with van der Waals surface area (Å²) in [7, 11) is 0. The average molecular weight is 1330 g/mol. The van der Waals surface area contributed by atoms with E-state index in [1.165, 1.54) is 43.8 Å². The number of halogens is 12. The Bertz CT molecular complexity index is 2270. The third-order valence-corrected chi connectivity index (χ3v) is 10.3. The van der Waals surface area contributed by atoms with Gasteiger partial charge in [-0.25, -0.2) is 0 Å². The van der Waals surface area contributed by atoms with E-state index in [0.717, 1.165) is 50.6 Å². The maximum absolute atomic E-state index is 5.99. The van der Waals surface area contributed by atoms with Crippen LogP contribution in [0.3, 0.4) is 0 Å². The Morgan fingerprint density at radius 3 is 0.833 bits per heavy atom. The molecular formula is C44H44Br2Cl10Si2Zr2. The fourth-order valence-electron chi connectivity index (χ4n) is 5.56. The molecule has 8 rings (SSSR count). The molecule has 0 radical (unpaired) electrons. The minimum atomic E-state index is 0. The van der Waals surface area contributed by atoms with E-state index in [1.54, 1.807) is 58.8 Å². The second kappa shape index (κ2) is 30.6. The monoisotopic (exact) mass is 1320 g/mol. The van der Waals surface area contributed by atoms with Crippen molar-refractivity contribution in [2.45, 2.75) is 53.9 Å². The number of benzene rings is 4. The molecule has 0 aromatic heterocycles. The van der Waals surface area contributed by atoms with Crippen LogP contribution in [0.15, 0.2) is 106 Å². The van der Waals surface area contributed by atoms with Crippen molar-refractivity contribution < 1.29 is 46.7 Å². The fraction of sp³-hybridized carbons (Fsp3) is 0.182. The van der Waals surface area contributed by atoms with Crippen LogP contribution in [0.25, 0.3) is 43.1 Å². The van der Waals surface area contributed by atoms with Crippen molar-refractivity contribution in [1.29, 1.82) is 0 Å². The van der Waals surface area contributed by atoms with E-state index in [9.17, 15) is 0 Å². The topological polar surface area (TPSA) is 0 Å². The van der Waals surface area contributed by atoms with E-state index < -0.39 is 0 Å². The molecule has 16 heteroatoms. The van der Waals surface area contributed by atoms with Crippen molar-refractivity contribution in [1.82, 2.24) is 0 Å². The third kappa shape index (κ3) is 21.3. The molecule has 8 aromatic rings. The third-order valence-electron chi connectivity index (χ3n) is 7.53. The summed E-state index contributed by atoms with van der Waals surface area (Å²) in [6.07, 6.45) is 0. The SMILES string of the molecule is C[Si](C)=[Zr+2].C[Si](C)=[Zr+2].Cc1cc2c(Br)cc(Cl)cc2[cH-]1.Cc1cc2c(Br)cc(Cl)cc2[cH-]1.Cc1cc2c(Cl)cc(Cl)cc2[cH-]1.Cc1cc2c(Cl)cc(Cl)cc2[cH-]1.Cl.Cl.Cl.Cl. The molecule has 0 aliphatic carbocycles. The first kappa shape index (κ1) is 63.5. The van der Waals surface area contributed by atoms with Gasteiger partial charge in [0.05, 0.1) is 0 Å². The van der Waals surface area contributed by atoms with E-state index in [-0.39, 0.29) is 60.5 Å². The first-order valence-corrected chi connectivity index (χ1v) is 33.5. The molecule has 0 aliphatic rings. The van der Waals surface area contributed by atoms with Crippen molar-refractivity contribution in [3.63, 3.8) is 0 Å². The second-order valence-corrected chi connectivity index (χ2v) is 36.7. The number of rotatable bonds is 0. The van der Waals surface area contributed by atoms with E-state index in [1.807, 2.05) is 50.2 Å². The van der Waals surface area contributed by atoms with Crippen LogP contribution in [-0.2, 0) is 46.7 Å². The molecule has 0 bridgehead atoms. The minimum Gasteiger partial charge on any atom is -0.164 e. The van der Waals surface area contributed by atoms with E-state index in [0.29, 0.717) is 10.0 Å². The second-order valence-electron chi connectivity index (χ2n) is 13.7. The minimum absolute atomic E-state index is 0. The van der Waals surface area contributed by atoms with Gasteiger partial charge in [0.25, 0.3) is 0 Å². The predicted octanol–water partition coefficient (Wildman–Crippen LogP) is 20.2. The Morgan fingerprint density at radius 1 is 0.383 bits per heavy atom. The molecule has 0 nitrogen and oxygen atoms in total. The van der Waals surface area contributed by atoms with Gasteiger partial charge in [0.15, 0.2) is 0 Å². The molecule has 0 aliphatic heterocycles. The smallest absolute Gasteiger partial charge is 0.000442 e. The van der Waals surface area contributed by atoms with Crippen LogP contribution < -0.4 is 0 Å². The Kier molecular flexibility index (Phi) is 32.4. The quantitative estimate of drug-likeness (QED) is 0.105. The van der Waals surface area contributed by atoms with Crippen molar-refractivity contribution in [2.24, 2.45) is 0 Å². The number of hydrogen-bond acceptors (Lipinski definition) is 0. The zero-order valence-electron chi connectivity index (χ0n) is 33.9. The van der Waals surface area contributed by atoms with Gasteiger partial charge in [-0.15, -0.1) is 164 Å². The van der Waals surface area contributed by atoms with Gasteiger partial charge in [-0.1, -0.05) is 129 Å². The summed E-state index contributed by atoms with van der Waals surface area (Å²) in [5.74, 6) is 0. The van der Waals surface area contributed by atoms with Crippen molar-refractivity contribution in [3.05, 3.63) is 158 Å². The molecule has 60 heavy (non-hydrogen) atoms. The normalized spacial score (nSPS) is 9.67. The zero-order chi connectivity index (χ0) is 42.0. The van der Waals surface area contributed by atoms with Crippen molar-refractivity contribution in [2.75, 3.05) is 0 Å². The number of fused-ring (bicyclic) bond motifs is 4. The largest absolute Gasteiger partial charge is 0.164 e. The number of aryl methyl sites for hydroxylation is 4. The van der Waals surface area contributed by atoms with Crippen LogP contribution in [0.1, 0.15) is 22.3 Å². The van der Waals surface area contributed by atoms with Crippen molar-refractivity contribution in [3.8, 4) is 0 Å². The molecule has 0 atom stereocenters. The van der Waals surface area contributed by atoms with Crippen molar-refractivity contribution >= 4 is 205 Å². The molecule has 0 unspecified atom stereocenters. The van der Waals surface area contributed by atoms with Gasteiger partial charge in [0.2, 0.25) is 0 Å². The zero-order valence-corrected chi connectivity index (χ0v) is 51.8. The summed E-state index contributed by atoms with van der Waals surface area (Å²) in [5, 5.41) is 13.7. The molecule has 0 N–H and O–H groups in total. The molecule has 0 spiro atoms. The van der Waals surface area contributed by atoms with Gasteiger partial charge in [-0.05, 0) is 43.3 Å². The van der Waals surface area contributed by atoms with Gasteiger partial charge in [0, 0.05) is 20.1 Å². The van der Waals surface area contributed by atoms with E-state index >= 15 is 0 Å². The van der Waals surface area contributed by atoms with Crippen LogP contribution in [0.4, 0.5) is 0 Å². The Balaban J connectivity index is 0. The summed E-state index contributed by atoms with van der Waals surface area (Å²) >= 11 is 45.9. The molecule has 320 valence electrons. The maximum Gasteiger partial charge on any atom is 0.000442 e. The fourth-order valence-corrected chi connectivity index (χ4v) is 8.59. The van der Waals surface area contributed by atoms with Crippen LogP contribution >= 0.6 is 151 Å².